The van der Waals surface area contributed by atoms with Crippen molar-refractivity contribution in [3.8, 4) is 11.5 Å². The molecule has 27 heavy (non-hydrogen) atoms. The average Bonchev–Trinajstić information content (AvgIpc) is 3.12. The third-order valence-electron chi connectivity index (χ3n) is 4.18. The van der Waals surface area contributed by atoms with Crippen molar-refractivity contribution in [2.24, 2.45) is 0 Å². The first-order valence-electron chi connectivity index (χ1n) is 8.21. The van der Waals surface area contributed by atoms with E-state index in [9.17, 15) is 4.79 Å². The van der Waals surface area contributed by atoms with E-state index in [2.05, 4.69) is 22.1 Å². The van der Waals surface area contributed by atoms with Gasteiger partial charge in [0.15, 0.2) is 0 Å². The van der Waals surface area contributed by atoms with Crippen LogP contribution in [0, 0.1) is 13.8 Å². The average molecular weight is 399 g/mol. The molecule has 0 bridgehead atoms. The van der Waals surface area contributed by atoms with Gasteiger partial charge in [-0.1, -0.05) is 29.4 Å². The Kier molecular flexibility index (Phi) is 4.72. The van der Waals surface area contributed by atoms with E-state index in [1.807, 2.05) is 25.1 Å². The molecule has 0 amide bonds. The molecule has 4 rings (SSSR count). The maximum Gasteiger partial charge on any atom is 0.277 e. The van der Waals surface area contributed by atoms with Crippen LogP contribution in [0.15, 0.2) is 57.0 Å². The summed E-state index contributed by atoms with van der Waals surface area (Å²) >= 11 is 7.26. The second-order valence-corrected chi connectivity index (χ2v) is 7.49. The van der Waals surface area contributed by atoms with Crippen molar-refractivity contribution in [1.82, 2.24) is 19.6 Å². The minimum atomic E-state index is -0.181. The van der Waals surface area contributed by atoms with Gasteiger partial charge in [0.05, 0.1) is 10.7 Å². The summed E-state index contributed by atoms with van der Waals surface area (Å²) in [5.41, 5.74) is 4.27. The fourth-order valence-corrected chi connectivity index (χ4v) is 3.41. The third-order valence-corrected chi connectivity index (χ3v) is 5.26. The molecule has 1 aromatic carbocycles. The summed E-state index contributed by atoms with van der Waals surface area (Å²) in [7, 11) is 0. The van der Waals surface area contributed by atoms with Crippen LogP contribution in [-0.2, 0) is 5.75 Å². The van der Waals surface area contributed by atoms with E-state index in [-0.39, 0.29) is 5.56 Å². The third kappa shape index (κ3) is 3.74. The molecular formula is C19H15ClN4O2S. The van der Waals surface area contributed by atoms with E-state index in [1.165, 1.54) is 33.4 Å². The summed E-state index contributed by atoms with van der Waals surface area (Å²) in [5, 5.41) is 9.10. The summed E-state index contributed by atoms with van der Waals surface area (Å²) in [6.45, 7) is 4.10. The lowest BCUT2D eigenvalue weighted by Gasteiger charge is -2.03. The molecule has 0 radical (unpaired) electrons. The normalized spacial score (nSPS) is 11.2. The molecule has 0 saturated heterocycles. The summed E-state index contributed by atoms with van der Waals surface area (Å²) in [6, 6.07) is 10.9. The molecule has 0 aliphatic rings. The predicted octanol–water partition coefficient (Wildman–Crippen LogP) is 4.31. The number of nitrogens with zero attached hydrogens (tertiary/aromatic N) is 4. The Bertz CT molecular complexity index is 1200. The van der Waals surface area contributed by atoms with Gasteiger partial charge < -0.3 is 4.42 Å². The van der Waals surface area contributed by atoms with Crippen molar-refractivity contribution in [1.29, 1.82) is 0 Å². The molecule has 0 N–H and O–H groups in total. The highest BCUT2D eigenvalue weighted by atomic mass is 35.5. The molecule has 6 nitrogen and oxygen atoms in total. The van der Waals surface area contributed by atoms with Gasteiger partial charge in [0.1, 0.15) is 5.65 Å². The van der Waals surface area contributed by atoms with E-state index in [0.717, 1.165) is 5.56 Å². The van der Waals surface area contributed by atoms with Crippen LogP contribution in [0.1, 0.15) is 16.8 Å². The maximum atomic E-state index is 12.2. The molecule has 0 fully saturated rings. The van der Waals surface area contributed by atoms with Crippen molar-refractivity contribution >= 4 is 29.0 Å². The second-order valence-electron chi connectivity index (χ2n) is 6.12. The van der Waals surface area contributed by atoms with Crippen molar-refractivity contribution in [3.05, 3.63) is 74.8 Å². The van der Waals surface area contributed by atoms with E-state index in [4.69, 9.17) is 16.0 Å². The highest BCUT2D eigenvalue weighted by Gasteiger charge is 2.11. The number of benzene rings is 1. The standard InChI is InChI=1S/C19H15ClN4O2S/c1-11-3-4-13(7-12(11)2)18-22-23-19(26-18)27-10-15-8-17(25)24-9-14(20)5-6-16(24)21-15/h3-9H,10H2,1-2H3. The van der Waals surface area contributed by atoms with Crippen LogP contribution >= 0.6 is 23.4 Å². The molecule has 8 heteroatoms. The minimum Gasteiger partial charge on any atom is -0.411 e. The topological polar surface area (TPSA) is 73.3 Å². The van der Waals surface area contributed by atoms with Crippen molar-refractivity contribution in [2.45, 2.75) is 24.8 Å². The summed E-state index contributed by atoms with van der Waals surface area (Å²) in [6.07, 6.45) is 1.55. The lowest BCUT2D eigenvalue weighted by atomic mass is 10.1. The summed E-state index contributed by atoms with van der Waals surface area (Å²) in [5.74, 6) is 0.921. The molecule has 0 atom stereocenters. The Balaban J connectivity index is 1.53. The smallest absolute Gasteiger partial charge is 0.277 e. The molecule has 0 unspecified atom stereocenters. The first-order valence-corrected chi connectivity index (χ1v) is 9.58. The predicted molar refractivity (Wildman–Crippen MR) is 105 cm³/mol. The fraction of sp³-hybridized carbons (Fsp3) is 0.158. The van der Waals surface area contributed by atoms with Crippen LogP contribution in [-0.4, -0.2) is 19.6 Å². The number of aromatic nitrogens is 4. The molecular weight excluding hydrogens is 384 g/mol. The van der Waals surface area contributed by atoms with Gasteiger partial charge in [-0.25, -0.2) is 4.98 Å². The van der Waals surface area contributed by atoms with E-state index in [0.29, 0.717) is 33.2 Å². The van der Waals surface area contributed by atoms with Crippen molar-refractivity contribution in [2.75, 3.05) is 0 Å². The monoisotopic (exact) mass is 398 g/mol. The number of thioether (sulfide) groups is 1. The Labute approximate surface area is 164 Å². The Morgan fingerprint density at radius 1 is 1.11 bits per heavy atom. The van der Waals surface area contributed by atoms with Crippen molar-refractivity contribution < 1.29 is 4.42 Å². The van der Waals surface area contributed by atoms with Gasteiger partial charge in [-0.05, 0) is 49.2 Å². The Hall–Kier alpha value is -2.64. The number of hydrogen-bond donors (Lipinski definition) is 0. The summed E-state index contributed by atoms with van der Waals surface area (Å²) in [4.78, 5) is 16.7. The number of aryl methyl sites for hydroxylation is 2. The van der Waals surface area contributed by atoms with E-state index < -0.39 is 0 Å². The first-order chi connectivity index (χ1) is 13.0. The second kappa shape index (κ2) is 7.17. The van der Waals surface area contributed by atoms with Crippen LogP contribution in [0.25, 0.3) is 17.1 Å². The van der Waals surface area contributed by atoms with Gasteiger partial charge in [-0.3, -0.25) is 9.20 Å². The molecule has 0 aliphatic carbocycles. The highest BCUT2D eigenvalue weighted by Crippen LogP contribution is 2.26. The number of halogens is 1. The minimum absolute atomic E-state index is 0.181. The molecule has 3 heterocycles. The van der Waals surface area contributed by atoms with Gasteiger partial charge in [-0.2, -0.15) is 0 Å². The van der Waals surface area contributed by atoms with Crippen LogP contribution < -0.4 is 5.56 Å². The van der Waals surface area contributed by atoms with Gasteiger partial charge >= 0.3 is 0 Å². The van der Waals surface area contributed by atoms with Gasteiger partial charge in [0.25, 0.3) is 10.8 Å². The number of fused-ring (bicyclic) bond motifs is 1. The van der Waals surface area contributed by atoms with Crippen LogP contribution in [0.5, 0.6) is 0 Å². The van der Waals surface area contributed by atoms with E-state index >= 15 is 0 Å². The fourth-order valence-electron chi connectivity index (χ4n) is 2.59. The van der Waals surface area contributed by atoms with Gasteiger partial charge in [0, 0.05) is 23.6 Å². The first kappa shape index (κ1) is 17.8. The van der Waals surface area contributed by atoms with Crippen LogP contribution in [0.3, 0.4) is 0 Å². The molecule has 3 aromatic heterocycles. The highest BCUT2D eigenvalue weighted by molar-refractivity contribution is 7.98. The van der Waals surface area contributed by atoms with Gasteiger partial charge in [0.2, 0.25) is 5.89 Å². The molecule has 0 aliphatic heterocycles. The number of rotatable bonds is 4. The maximum absolute atomic E-state index is 12.2. The quantitative estimate of drug-likeness (QED) is 0.477. The summed E-state index contributed by atoms with van der Waals surface area (Å²) < 4.78 is 7.15. The molecule has 136 valence electrons. The van der Waals surface area contributed by atoms with Crippen molar-refractivity contribution in [3.63, 3.8) is 0 Å². The lowest BCUT2D eigenvalue weighted by Crippen LogP contribution is -2.15. The molecule has 0 saturated carbocycles. The largest absolute Gasteiger partial charge is 0.411 e. The van der Waals surface area contributed by atoms with Crippen LogP contribution in [0.2, 0.25) is 5.02 Å². The zero-order chi connectivity index (χ0) is 19.0. The van der Waals surface area contributed by atoms with Crippen LogP contribution in [0.4, 0.5) is 0 Å². The molecule has 0 spiro atoms. The number of hydrogen-bond acceptors (Lipinski definition) is 6. The zero-order valence-electron chi connectivity index (χ0n) is 14.6. The Morgan fingerprint density at radius 2 is 1.96 bits per heavy atom. The van der Waals surface area contributed by atoms with E-state index in [1.54, 1.807) is 18.3 Å². The number of pyridine rings is 1. The molecule has 4 aromatic rings. The zero-order valence-corrected chi connectivity index (χ0v) is 16.2. The lowest BCUT2D eigenvalue weighted by molar-refractivity contribution is 0.465. The Morgan fingerprint density at radius 3 is 2.78 bits per heavy atom. The van der Waals surface area contributed by atoms with Gasteiger partial charge in [-0.15, -0.1) is 10.2 Å². The SMILES string of the molecule is Cc1ccc(-c2nnc(SCc3cc(=O)n4cc(Cl)ccc4n3)o2)cc1C.